The van der Waals surface area contributed by atoms with Crippen LogP contribution in [0.2, 0.25) is 5.02 Å². The van der Waals surface area contributed by atoms with Gasteiger partial charge in [0.05, 0.1) is 18.6 Å². The summed E-state index contributed by atoms with van der Waals surface area (Å²) in [6.07, 6.45) is -0.746. The topological polar surface area (TPSA) is 72.6 Å². The lowest BCUT2D eigenvalue weighted by molar-refractivity contribution is -0.148. The molecule has 5 nitrogen and oxygen atoms in total. The van der Waals surface area contributed by atoms with Crippen molar-refractivity contribution in [1.82, 2.24) is 4.90 Å². The van der Waals surface area contributed by atoms with Gasteiger partial charge >= 0.3 is 0 Å². The van der Waals surface area contributed by atoms with Crippen LogP contribution < -0.4 is 5.73 Å². The highest BCUT2D eigenvalue weighted by molar-refractivity contribution is 6.31. The molecule has 114 valence electrons. The highest BCUT2D eigenvalue weighted by atomic mass is 35.5. The first-order valence-electron chi connectivity index (χ1n) is 6.79. The first-order chi connectivity index (χ1) is 9.84. The van der Waals surface area contributed by atoms with Crippen LogP contribution in [0.3, 0.4) is 0 Å². The third kappa shape index (κ3) is 3.19. The number of ether oxygens (including phenoxy) is 1. The van der Waals surface area contributed by atoms with E-state index >= 15 is 0 Å². The summed E-state index contributed by atoms with van der Waals surface area (Å²) in [5.74, 6) is -0.645. The number of hydrogen-bond acceptors (Lipinski definition) is 3. The van der Waals surface area contributed by atoms with Gasteiger partial charge in [0.15, 0.2) is 6.10 Å². The Hall–Kier alpha value is -1.59. The molecule has 1 aromatic carbocycles. The lowest BCUT2D eigenvalue weighted by atomic mass is 9.83. The molecule has 1 saturated heterocycles. The van der Waals surface area contributed by atoms with E-state index in [1.54, 1.807) is 11.0 Å². The molecule has 1 fully saturated rings. The largest absolute Gasteiger partial charge is 0.367 e. The molecule has 1 atom stereocenters. The minimum atomic E-state index is -0.780. The van der Waals surface area contributed by atoms with Crippen LogP contribution in [0, 0.1) is 0 Å². The van der Waals surface area contributed by atoms with Crippen molar-refractivity contribution in [1.29, 1.82) is 0 Å². The third-order valence-corrected chi connectivity index (χ3v) is 4.08. The minimum Gasteiger partial charge on any atom is -0.367 e. The van der Waals surface area contributed by atoms with Crippen LogP contribution >= 0.6 is 11.6 Å². The molecule has 0 saturated carbocycles. The normalized spacial score (nSPS) is 19.4. The Morgan fingerprint density at radius 1 is 1.38 bits per heavy atom. The van der Waals surface area contributed by atoms with Crippen LogP contribution in [0.5, 0.6) is 0 Å². The predicted octanol–water partition coefficient (Wildman–Crippen LogP) is 1.33. The average molecular weight is 311 g/mol. The average Bonchev–Trinajstić information content (AvgIpc) is 2.46. The van der Waals surface area contributed by atoms with Gasteiger partial charge in [0, 0.05) is 11.6 Å². The van der Waals surface area contributed by atoms with Crippen molar-refractivity contribution in [2.75, 3.05) is 19.7 Å². The molecule has 0 radical (unpaired) electrons. The first kappa shape index (κ1) is 15.8. The van der Waals surface area contributed by atoms with Crippen molar-refractivity contribution in [2.24, 2.45) is 5.73 Å². The van der Waals surface area contributed by atoms with Crippen molar-refractivity contribution >= 4 is 23.4 Å². The molecule has 1 heterocycles. The second-order valence-electron chi connectivity index (χ2n) is 5.62. The number of halogens is 1. The fourth-order valence-corrected chi connectivity index (χ4v) is 2.86. The summed E-state index contributed by atoms with van der Waals surface area (Å²) in [5, 5.41) is 0.551. The summed E-state index contributed by atoms with van der Waals surface area (Å²) >= 11 is 6.20. The Kier molecular flexibility index (Phi) is 4.54. The quantitative estimate of drug-likeness (QED) is 0.915. The van der Waals surface area contributed by atoms with Crippen molar-refractivity contribution < 1.29 is 14.3 Å². The van der Waals surface area contributed by atoms with Crippen molar-refractivity contribution in [3.05, 3.63) is 34.9 Å². The molecule has 2 rings (SSSR count). The molecule has 0 bridgehead atoms. The summed E-state index contributed by atoms with van der Waals surface area (Å²) in [7, 11) is 0. The molecular weight excluding hydrogens is 292 g/mol. The van der Waals surface area contributed by atoms with Gasteiger partial charge in [-0.15, -0.1) is 0 Å². The van der Waals surface area contributed by atoms with Gasteiger partial charge in [0.1, 0.15) is 0 Å². The number of amides is 2. The van der Waals surface area contributed by atoms with E-state index in [2.05, 4.69) is 0 Å². The maximum absolute atomic E-state index is 12.8. The van der Waals surface area contributed by atoms with E-state index in [4.69, 9.17) is 22.1 Å². The Morgan fingerprint density at radius 2 is 2.05 bits per heavy atom. The molecule has 2 amide bonds. The van der Waals surface area contributed by atoms with Gasteiger partial charge in [0.25, 0.3) is 0 Å². The maximum Gasteiger partial charge on any atom is 0.248 e. The van der Waals surface area contributed by atoms with E-state index in [-0.39, 0.29) is 12.5 Å². The molecule has 1 aromatic rings. The number of morpholine rings is 1. The number of carbonyl (C=O) groups excluding carboxylic acids is 2. The van der Waals surface area contributed by atoms with Gasteiger partial charge in [-0.05, 0) is 25.5 Å². The van der Waals surface area contributed by atoms with Crippen molar-refractivity contribution in [2.45, 2.75) is 25.4 Å². The Morgan fingerprint density at radius 3 is 2.67 bits per heavy atom. The van der Waals surface area contributed by atoms with Gasteiger partial charge in [-0.3, -0.25) is 9.59 Å². The monoisotopic (exact) mass is 310 g/mol. The van der Waals surface area contributed by atoms with E-state index in [1.165, 1.54) is 0 Å². The Bertz CT molecular complexity index is 560. The van der Waals surface area contributed by atoms with Crippen LogP contribution in [-0.2, 0) is 19.7 Å². The van der Waals surface area contributed by atoms with E-state index < -0.39 is 17.4 Å². The fourth-order valence-electron chi connectivity index (χ4n) is 2.48. The zero-order valence-electron chi connectivity index (χ0n) is 12.1. The molecule has 0 aliphatic carbocycles. The number of nitrogens with two attached hydrogens (primary N) is 1. The minimum absolute atomic E-state index is 0.0925. The van der Waals surface area contributed by atoms with Gasteiger partial charge in [-0.1, -0.05) is 29.8 Å². The van der Waals surface area contributed by atoms with E-state index in [1.807, 2.05) is 32.0 Å². The van der Waals surface area contributed by atoms with E-state index in [9.17, 15) is 9.59 Å². The molecule has 0 spiro atoms. The van der Waals surface area contributed by atoms with Crippen LogP contribution in [0.4, 0.5) is 0 Å². The van der Waals surface area contributed by atoms with E-state index in [0.717, 1.165) is 5.56 Å². The van der Waals surface area contributed by atoms with Crippen LogP contribution in [0.25, 0.3) is 0 Å². The number of carbonyl (C=O) groups is 2. The molecule has 1 aliphatic heterocycles. The van der Waals surface area contributed by atoms with Crippen LogP contribution in [0.1, 0.15) is 19.4 Å². The molecule has 1 unspecified atom stereocenters. The van der Waals surface area contributed by atoms with Crippen LogP contribution in [0.15, 0.2) is 24.3 Å². The number of hydrogen-bond donors (Lipinski definition) is 1. The van der Waals surface area contributed by atoms with Gasteiger partial charge in [-0.2, -0.15) is 0 Å². The number of rotatable bonds is 3. The van der Waals surface area contributed by atoms with Crippen LogP contribution in [-0.4, -0.2) is 42.5 Å². The van der Waals surface area contributed by atoms with E-state index in [0.29, 0.717) is 18.2 Å². The molecule has 1 aliphatic rings. The lowest BCUT2D eigenvalue weighted by Crippen LogP contribution is -2.54. The predicted molar refractivity (Wildman–Crippen MR) is 80.0 cm³/mol. The van der Waals surface area contributed by atoms with Gasteiger partial charge < -0.3 is 15.4 Å². The van der Waals surface area contributed by atoms with Gasteiger partial charge in [0.2, 0.25) is 11.8 Å². The Balaban J connectivity index is 2.22. The fraction of sp³-hybridized carbons (Fsp3) is 0.467. The third-order valence-electron chi connectivity index (χ3n) is 3.75. The SMILES string of the molecule is CC(C)(C(=O)N1CCOC(C(N)=O)C1)c1ccccc1Cl. The summed E-state index contributed by atoms with van der Waals surface area (Å²) in [4.78, 5) is 25.6. The maximum atomic E-state index is 12.8. The standard InChI is InChI=1S/C15H19ClN2O3/c1-15(2,10-5-3-4-6-11(10)16)14(20)18-7-8-21-12(9-18)13(17)19/h3-6,12H,7-9H2,1-2H3,(H2,17,19). The highest BCUT2D eigenvalue weighted by Gasteiger charge is 2.38. The Labute approximate surface area is 129 Å². The zero-order valence-corrected chi connectivity index (χ0v) is 12.9. The highest BCUT2D eigenvalue weighted by Crippen LogP contribution is 2.31. The smallest absolute Gasteiger partial charge is 0.248 e. The number of benzene rings is 1. The van der Waals surface area contributed by atoms with Crippen molar-refractivity contribution in [3.8, 4) is 0 Å². The van der Waals surface area contributed by atoms with Gasteiger partial charge in [-0.25, -0.2) is 0 Å². The number of primary amides is 1. The molecule has 0 aromatic heterocycles. The first-order valence-corrected chi connectivity index (χ1v) is 7.17. The summed E-state index contributed by atoms with van der Waals surface area (Å²) in [6.45, 7) is 4.58. The number of nitrogens with zero attached hydrogens (tertiary/aromatic N) is 1. The van der Waals surface area contributed by atoms with Crippen molar-refractivity contribution in [3.63, 3.8) is 0 Å². The molecular formula is C15H19ClN2O3. The molecule has 6 heteroatoms. The summed E-state index contributed by atoms with van der Waals surface area (Å²) in [5.41, 5.74) is 5.23. The second kappa shape index (κ2) is 6.03. The molecule has 2 N–H and O–H groups in total. The zero-order chi connectivity index (χ0) is 15.6. The summed E-state index contributed by atoms with van der Waals surface area (Å²) in [6, 6.07) is 7.27. The lowest BCUT2D eigenvalue weighted by Gasteiger charge is -2.37. The molecule has 21 heavy (non-hydrogen) atoms. The second-order valence-corrected chi connectivity index (χ2v) is 6.03. The summed E-state index contributed by atoms with van der Waals surface area (Å²) < 4.78 is 5.27.